The third-order valence-electron chi connectivity index (χ3n) is 5.26. The Labute approximate surface area is 151 Å². The van der Waals surface area contributed by atoms with Crippen molar-refractivity contribution in [1.82, 2.24) is 19.9 Å². The van der Waals surface area contributed by atoms with Gasteiger partial charge in [0.25, 0.3) is 5.91 Å². The normalized spacial score (nSPS) is 17.8. The summed E-state index contributed by atoms with van der Waals surface area (Å²) in [7, 11) is 0. The van der Waals surface area contributed by atoms with Crippen LogP contribution in [-0.4, -0.2) is 38.8 Å². The number of hydrogen-bond donors (Lipinski definition) is 2. The van der Waals surface area contributed by atoms with Gasteiger partial charge in [-0.15, -0.1) is 0 Å². The van der Waals surface area contributed by atoms with Gasteiger partial charge >= 0.3 is 0 Å². The first-order valence-electron chi connectivity index (χ1n) is 9.09. The number of nitrogens with zero attached hydrogens (tertiary/aromatic N) is 2. The van der Waals surface area contributed by atoms with Gasteiger partial charge in [-0.2, -0.15) is 0 Å². The molecule has 26 heavy (non-hydrogen) atoms. The third-order valence-corrected chi connectivity index (χ3v) is 5.26. The van der Waals surface area contributed by atoms with E-state index in [9.17, 15) is 4.79 Å². The molecule has 3 heterocycles. The Hall–Kier alpha value is -3.08. The van der Waals surface area contributed by atoms with E-state index in [0.29, 0.717) is 12.2 Å². The quantitative estimate of drug-likeness (QED) is 0.576. The molecular weight excluding hydrogens is 324 g/mol. The summed E-state index contributed by atoms with van der Waals surface area (Å²) in [6, 6.07) is 18.0. The molecule has 1 fully saturated rings. The number of nitrogens with one attached hydrogen (secondary N) is 2. The minimum Gasteiger partial charge on any atom is -0.351 e. The van der Waals surface area contributed by atoms with Crippen LogP contribution < -0.4 is 0 Å². The molecule has 1 aliphatic heterocycles. The molecule has 5 nitrogen and oxygen atoms in total. The molecule has 1 unspecified atom stereocenters. The Morgan fingerprint density at radius 2 is 1.85 bits per heavy atom. The predicted octanol–water partition coefficient (Wildman–Crippen LogP) is 4.06. The molecule has 0 spiro atoms. The van der Waals surface area contributed by atoms with Crippen LogP contribution >= 0.6 is 0 Å². The summed E-state index contributed by atoms with van der Waals surface area (Å²) < 4.78 is 0. The Balaban J connectivity index is 1.40. The van der Waals surface area contributed by atoms with Gasteiger partial charge in [-0.1, -0.05) is 30.3 Å². The smallest absolute Gasteiger partial charge is 0.270 e. The summed E-state index contributed by atoms with van der Waals surface area (Å²) in [6.07, 6.45) is 2.05. The molecule has 5 heteroatoms. The van der Waals surface area contributed by atoms with Crippen LogP contribution in [0, 0.1) is 0 Å². The maximum Gasteiger partial charge on any atom is 0.270 e. The number of fused-ring (bicyclic) bond motifs is 2. The van der Waals surface area contributed by atoms with Gasteiger partial charge in [-0.3, -0.25) is 4.79 Å². The number of amides is 1. The zero-order valence-electron chi connectivity index (χ0n) is 14.4. The first-order valence-corrected chi connectivity index (χ1v) is 9.09. The van der Waals surface area contributed by atoms with Crippen molar-refractivity contribution in [2.45, 2.75) is 18.8 Å². The number of benzene rings is 2. The number of rotatable bonds is 2. The van der Waals surface area contributed by atoms with E-state index < -0.39 is 0 Å². The summed E-state index contributed by atoms with van der Waals surface area (Å²) in [4.78, 5) is 26.4. The second-order valence-corrected chi connectivity index (χ2v) is 7.00. The van der Waals surface area contributed by atoms with Crippen molar-refractivity contribution in [2.75, 3.05) is 13.1 Å². The molecule has 1 aliphatic rings. The second kappa shape index (κ2) is 6.02. The van der Waals surface area contributed by atoms with Crippen LogP contribution in [0.1, 0.15) is 35.1 Å². The maximum absolute atomic E-state index is 13.0. The number of para-hydroxylation sites is 3. The zero-order chi connectivity index (χ0) is 17.5. The molecular formula is C21H20N4O. The van der Waals surface area contributed by atoms with Crippen molar-refractivity contribution in [3.8, 4) is 0 Å². The highest BCUT2D eigenvalue weighted by atomic mass is 16.2. The molecule has 2 aromatic heterocycles. The van der Waals surface area contributed by atoms with Crippen molar-refractivity contribution in [1.29, 1.82) is 0 Å². The molecule has 1 amide bonds. The molecule has 0 saturated carbocycles. The highest BCUT2D eigenvalue weighted by Gasteiger charge is 2.28. The third kappa shape index (κ3) is 2.56. The lowest BCUT2D eigenvalue weighted by Gasteiger charge is -2.31. The van der Waals surface area contributed by atoms with E-state index in [0.717, 1.165) is 47.1 Å². The number of carbonyl (C=O) groups excluding carboxylic acids is 1. The first kappa shape index (κ1) is 15.2. The lowest BCUT2D eigenvalue weighted by Crippen LogP contribution is -2.39. The molecule has 4 aromatic rings. The highest BCUT2D eigenvalue weighted by Crippen LogP contribution is 2.28. The number of imidazole rings is 1. The lowest BCUT2D eigenvalue weighted by atomic mass is 9.97. The van der Waals surface area contributed by atoms with E-state index in [-0.39, 0.29) is 11.8 Å². The minimum absolute atomic E-state index is 0.0713. The molecule has 2 aromatic carbocycles. The van der Waals surface area contributed by atoms with E-state index in [1.165, 1.54) is 0 Å². The number of H-pyrrole nitrogens is 2. The number of piperidine rings is 1. The Bertz CT molecular complexity index is 1030. The van der Waals surface area contributed by atoms with Crippen LogP contribution in [0.15, 0.2) is 54.6 Å². The zero-order valence-corrected chi connectivity index (χ0v) is 14.4. The summed E-state index contributed by atoms with van der Waals surface area (Å²) in [5.74, 6) is 1.31. The van der Waals surface area contributed by atoms with Gasteiger partial charge in [0.1, 0.15) is 11.5 Å². The van der Waals surface area contributed by atoms with Gasteiger partial charge in [0.15, 0.2) is 0 Å². The topological polar surface area (TPSA) is 64.8 Å². The number of likely N-dealkylation sites (tertiary alicyclic amines) is 1. The van der Waals surface area contributed by atoms with Crippen LogP contribution in [0.4, 0.5) is 0 Å². The monoisotopic (exact) mass is 344 g/mol. The number of hydrogen-bond acceptors (Lipinski definition) is 2. The summed E-state index contributed by atoms with van der Waals surface area (Å²) >= 11 is 0. The number of carbonyl (C=O) groups is 1. The maximum atomic E-state index is 13.0. The van der Waals surface area contributed by atoms with Gasteiger partial charge in [0.05, 0.1) is 11.0 Å². The van der Waals surface area contributed by atoms with Gasteiger partial charge in [0.2, 0.25) is 0 Å². The molecule has 0 bridgehead atoms. The Morgan fingerprint density at radius 3 is 2.69 bits per heavy atom. The number of aromatic nitrogens is 3. The van der Waals surface area contributed by atoms with E-state index in [4.69, 9.17) is 4.98 Å². The molecule has 0 radical (unpaired) electrons. The molecule has 1 saturated heterocycles. The average molecular weight is 344 g/mol. The summed E-state index contributed by atoms with van der Waals surface area (Å²) in [6.45, 7) is 1.50. The summed E-state index contributed by atoms with van der Waals surface area (Å²) in [5.41, 5.74) is 3.71. The standard InChI is InChI=1S/C21H20N4O/c26-21(19-12-14-6-1-2-8-16(14)22-19)25-11-5-7-15(13-25)20-23-17-9-3-4-10-18(17)24-20/h1-4,6,8-10,12,15,22H,5,7,11,13H2,(H,23,24). The van der Waals surface area contributed by atoms with Gasteiger partial charge in [0, 0.05) is 29.9 Å². The fourth-order valence-corrected chi connectivity index (χ4v) is 3.91. The van der Waals surface area contributed by atoms with Crippen LogP contribution in [0.5, 0.6) is 0 Å². The highest BCUT2D eigenvalue weighted by molar-refractivity contribution is 5.98. The van der Waals surface area contributed by atoms with Crippen molar-refractivity contribution in [3.05, 3.63) is 66.1 Å². The Morgan fingerprint density at radius 1 is 1.04 bits per heavy atom. The lowest BCUT2D eigenvalue weighted by molar-refractivity contribution is 0.0700. The van der Waals surface area contributed by atoms with Crippen molar-refractivity contribution >= 4 is 27.8 Å². The second-order valence-electron chi connectivity index (χ2n) is 7.00. The SMILES string of the molecule is O=C(c1cc2ccccc2[nH]1)N1CCCC(c2nc3ccccc3[nH]2)C1. The van der Waals surface area contributed by atoms with Crippen molar-refractivity contribution in [3.63, 3.8) is 0 Å². The van der Waals surface area contributed by atoms with Gasteiger partial charge in [-0.05, 0) is 37.1 Å². The van der Waals surface area contributed by atoms with E-state index >= 15 is 0 Å². The largest absolute Gasteiger partial charge is 0.351 e. The molecule has 130 valence electrons. The number of aromatic amines is 2. The minimum atomic E-state index is 0.0713. The fraction of sp³-hybridized carbons (Fsp3) is 0.238. The summed E-state index contributed by atoms with van der Waals surface area (Å²) in [5, 5.41) is 1.07. The van der Waals surface area contributed by atoms with Gasteiger partial charge in [-0.25, -0.2) is 4.98 Å². The molecule has 0 aliphatic carbocycles. The van der Waals surface area contributed by atoms with Crippen LogP contribution in [0.2, 0.25) is 0 Å². The molecule has 5 rings (SSSR count). The molecule has 2 N–H and O–H groups in total. The first-order chi connectivity index (χ1) is 12.8. The van der Waals surface area contributed by atoms with Crippen LogP contribution in [-0.2, 0) is 0 Å². The van der Waals surface area contributed by atoms with Crippen molar-refractivity contribution in [2.24, 2.45) is 0 Å². The van der Waals surface area contributed by atoms with E-state index in [2.05, 4.69) is 9.97 Å². The van der Waals surface area contributed by atoms with Gasteiger partial charge < -0.3 is 14.9 Å². The van der Waals surface area contributed by atoms with Crippen molar-refractivity contribution < 1.29 is 4.79 Å². The Kier molecular flexibility index (Phi) is 3.52. The van der Waals surface area contributed by atoms with Crippen LogP contribution in [0.3, 0.4) is 0 Å². The average Bonchev–Trinajstić information content (AvgIpc) is 3.31. The molecule has 1 atom stereocenters. The van der Waals surface area contributed by atoms with E-state index in [1.807, 2.05) is 59.5 Å². The fourth-order valence-electron chi connectivity index (χ4n) is 3.91. The predicted molar refractivity (Wildman–Crippen MR) is 102 cm³/mol. The van der Waals surface area contributed by atoms with E-state index in [1.54, 1.807) is 0 Å². The van der Waals surface area contributed by atoms with Crippen LogP contribution in [0.25, 0.3) is 21.9 Å².